The van der Waals surface area contributed by atoms with Crippen molar-refractivity contribution in [2.45, 2.75) is 74.7 Å². The van der Waals surface area contributed by atoms with E-state index >= 15 is 0 Å². The van der Waals surface area contributed by atoms with Gasteiger partial charge in [-0.05, 0) is 57.8 Å². The van der Waals surface area contributed by atoms with E-state index in [1.165, 1.54) is 12.8 Å². The molecule has 0 spiro atoms. The van der Waals surface area contributed by atoms with Crippen LogP contribution in [0.2, 0.25) is 0 Å². The summed E-state index contributed by atoms with van der Waals surface area (Å²) in [5.74, 6) is 0.670. The van der Waals surface area contributed by atoms with Gasteiger partial charge in [-0.15, -0.1) is 0 Å². The number of carbonyl (C=O) groups excluding carboxylic acids is 1. The number of amides is 2. The van der Waals surface area contributed by atoms with Crippen LogP contribution < -0.4 is 4.72 Å². The Bertz CT molecular complexity index is 612. The number of carbonyl (C=O) groups is 1. The lowest BCUT2D eigenvalue weighted by Crippen LogP contribution is -2.49. The topological polar surface area (TPSA) is 69.7 Å². The lowest BCUT2D eigenvalue weighted by atomic mass is 9.90. The van der Waals surface area contributed by atoms with Crippen molar-refractivity contribution in [1.29, 1.82) is 0 Å². The largest absolute Gasteiger partial charge is 0.323 e. The fourth-order valence-corrected chi connectivity index (χ4v) is 6.10. The molecule has 7 heteroatoms. The zero-order valence-electron chi connectivity index (χ0n) is 14.0. The maximum Gasteiger partial charge on any atom is 0.320 e. The van der Waals surface area contributed by atoms with Gasteiger partial charge in [0.05, 0.1) is 17.3 Å². The third kappa shape index (κ3) is 2.86. The number of sulfonamides is 1. The second-order valence-electron chi connectivity index (χ2n) is 8.27. The second-order valence-corrected chi connectivity index (χ2v) is 10.2. The molecule has 0 aromatic rings. The SMILES string of the molecule is CN1C(=O)N(CC2CC2)C2CCC(S(=O)(=O)NC3(C)CC3)CC21. The molecule has 0 aromatic carbocycles. The molecule has 3 aliphatic carbocycles. The molecule has 4 fully saturated rings. The van der Waals surface area contributed by atoms with E-state index in [1.807, 2.05) is 18.9 Å². The summed E-state index contributed by atoms with van der Waals surface area (Å²) in [6, 6.07) is 0.340. The van der Waals surface area contributed by atoms with Crippen LogP contribution in [0.15, 0.2) is 0 Å². The van der Waals surface area contributed by atoms with Gasteiger partial charge in [0, 0.05) is 19.1 Å². The Labute approximate surface area is 138 Å². The van der Waals surface area contributed by atoms with Crippen molar-refractivity contribution >= 4 is 16.1 Å². The van der Waals surface area contributed by atoms with Gasteiger partial charge in [-0.1, -0.05) is 0 Å². The summed E-state index contributed by atoms with van der Waals surface area (Å²) in [6.07, 6.45) is 6.34. The van der Waals surface area contributed by atoms with E-state index in [2.05, 4.69) is 4.72 Å². The number of nitrogens with zero attached hydrogens (tertiary/aromatic N) is 2. The summed E-state index contributed by atoms with van der Waals surface area (Å²) < 4.78 is 28.2. The molecule has 1 heterocycles. The molecule has 3 saturated carbocycles. The van der Waals surface area contributed by atoms with Gasteiger partial charge in [-0.2, -0.15) is 0 Å². The Hall–Kier alpha value is -0.820. The lowest BCUT2D eigenvalue weighted by molar-refractivity contribution is 0.185. The van der Waals surface area contributed by atoms with E-state index in [9.17, 15) is 13.2 Å². The fourth-order valence-electron chi connectivity index (χ4n) is 4.15. The third-order valence-electron chi connectivity index (χ3n) is 6.16. The summed E-state index contributed by atoms with van der Waals surface area (Å²) >= 11 is 0. The molecule has 4 rings (SSSR count). The van der Waals surface area contributed by atoms with Gasteiger partial charge in [0.1, 0.15) is 0 Å². The van der Waals surface area contributed by atoms with E-state index < -0.39 is 10.0 Å². The van der Waals surface area contributed by atoms with Crippen LogP contribution >= 0.6 is 0 Å². The minimum Gasteiger partial charge on any atom is -0.323 e. The Morgan fingerprint density at radius 1 is 1.17 bits per heavy atom. The van der Waals surface area contributed by atoms with E-state index in [1.54, 1.807) is 4.90 Å². The monoisotopic (exact) mass is 341 g/mol. The Morgan fingerprint density at radius 3 is 2.48 bits per heavy atom. The molecule has 130 valence electrons. The number of urea groups is 1. The molecule has 1 N–H and O–H groups in total. The number of fused-ring (bicyclic) bond motifs is 1. The first-order valence-corrected chi connectivity index (χ1v) is 10.4. The van der Waals surface area contributed by atoms with Crippen molar-refractivity contribution in [3.63, 3.8) is 0 Å². The zero-order chi connectivity index (χ0) is 16.4. The highest BCUT2D eigenvalue weighted by atomic mass is 32.2. The molecule has 0 radical (unpaired) electrons. The third-order valence-corrected chi connectivity index (χ3v) is 8.24. The highest BCUT2D eigenvalue weighted by Crippen LogP contribution is 2.40. The Balaban J connectivity index is 1.47. The number of likely N-dealkylation sites (N-methyl/N-ethyl adjacent to an activating group) is 1. The average molecular weight is 341 g/mol. The molecule has 6 nitrogen and oxygen atoms in total. The molecular weight excluding hydrogens is 314 g/mol. The Morgan fingerprint density at radius 2 is 1.87 bits per heavy atom. The normalized spacial score (nSPS) is 36.3. The predicted molar refractivity (Wildman–Crippen MR) is 87.5 cm³/mol. The smallest absolute Gasteiger partial charge is 0.320 e. The highest BCUT2D eigenvalue weighted by molar-refractivity contribution is 7.90. The van der Waals surface area contributed by atoms with E-state index in [0.29, 0.717) is 18.8 Å². The summed E-state index contributed by atoms with van der Waals surface area (Å²) in [4.78, 5) is 16.3. The summed E-state index contributed by atoms with van der Waals surface area (Å²) in [5, 5.41) is -0.364. The molecule has 0 bridgehead atoms. The molecule has 23 heavy (non-hydrogen) atoms. The fraction of sp³-hybridized carbons (Fsp3) is 0.938. The average Bonchev–Trinajstić information content (AvgIpc) is 3.40. The molecule has 0 aromatic heterocycles. The summed E-state index contributed by atoms with van der Waals surface area (Å²) in [5.41, 5.74) is -0.217. The lowest BCUT2D eigenvalue weighted by Gasteiger charge is -2.35. The minimum atomic E-state index is -3.29. The molecule has 3 atom stereocenters. The second kappa shape index (κ2) is 5.09. The van der Waals surface area contributed by atoms with Crippen LogP contribution in [-0.4, -0.2) is 60.7 Å². The van der Waals surface area contributed by atoms with Crippen LogP contribution in [0.5, 0.6) is 0 Å². The van der Waals surface area contributed by atoms with E-state index in [-0.39, 0.29) is 28.9 Å². The standard InChI is InChI=1S/C16H27N3O3S/c1-16(7-8-16)17-23(21,22)12-5-6-13-14(9-12)18(2)15(20)19(13)10-11-3-4-11/h11-14,17H,3-10H2,1-2H3. The van der Waals surface area contributed by atoms with Crippen LogP contribution in [0, 0.1) is 5.92 Å². The molecule has 3 unspecified atom stereocenters. The quantitative estimate of drug-likeness (QED) is 0.824. The summed E-state index contributed by atoms with van der Waals surface area (Å²) in [7, 11) is -1.46. The summed E-state index contributed by atoms with van der Waals surface area (Å²) in [6.45, 7) is 2.83. The van der Waals surface area contributed by atoms with E-state index in [4.69, 9.17) is 0 Å². The van der Waals surface area contributed by atoms with Gasteiger partial charge < -0.3 is 9.80 Å². The Kier molecular flexibility index (Phi) is 3.47. The maximum atomic E-state index is 12.7. The van der Waals surface area contributed by atoms with Crippen LogP contribution in [0.4, 0.5) is 4.79 Å². The van der Waals surface area contributed by atoms with Crippen molar-refractivity contribution in [2.24, 2.45) is 5.92 Å². The van der Waals surface area contributed by atoms with Crippen molar-refractivity contribution in [3.05, 3.63) is 0 Å². The number of hydrogen-bond donors (Lipinski definition) is 1. The highest BCUT2D eigenvalue weighted by Gasteiger charge is 2.51. The number of nitrogens with one attached hydrogen (secondary N) is 1. The van der Waals surface area contributed by atoms with Crippen molar-refractivity contribution < 1.29 is 13.2 Å². The van der Waals surface area contributed by atoms with Gasteiger partial charge in [-0.25, -0.2) is 17.9 Å². The van der Waals surface area contributed by atoms with Crippen LogP contribution in [-0.2, 0) is 10.0 Å². The van der Waals surface area contributed by atoms with Crippen LogP contribution in [0.1, 0.15) is 51.9 Å². The molecule has 2 amide bonds. The molecule has 1 saturated heterocycles. The van der Waals surface area contributed by atoms with Crippen molar-refractivity contribution in [2.75, 3.05) is 13.6 Å². The molecule has 4 aliphatic rings. The van der Waals surface area contributed by atoms with Crippen molar-refractivity contribution in [3.8, 4) is 0 Å². The number of hydrogen-bond acceptors (Lipinski definition) is 3. The minimum absolute atomic E-state index is 0.0450. The predicted octanol–water partition coefficient (Wildman–Crippen LogP) is 1.53. The zero-order valence-corrected chi connectivity index (χ0v) is 14.8. The van der Waals surface area contributed by atoms with Crippen molar-refractivity contribution in [1.82, 2.24) is 14.5 Å². The first-order valence-electron chi connectivity index (χ1n) is 8.85. The van der Waals surface area contributed by atoms with Gasteiger partial charge in [0.25, 0.3) is 0 Å². The van der Waals surface area contributed by atoms with E-state index in [0.717, 1.165) is 25.8 Å². The van der Waals surface area contributed by atoms with Crippen LogP contribution in [0.25, 0.3) is 0 Å². The van der Waals surface area contributed by atoms with Gasteiger partial charge >= 0.3 is 6.03 Å². The first-order chi connectivity index (χ1) is 10.8. The van der Waals surface area contributed by atoms with Crippen LogP contribution in [0.3, 0.4) is 0 Å². The molecule has 1 aliphatic heterocycles. The van der Waals surface area contributed by atoms with Gasteiger partial charge in [0.15, 0.2) is 0 Å². The first kappa shape index (κ1) is 15.7. The maximum absolute atomic E-state index is 12.7. The molecular formula is C16H27N3O3S. The number of rotatable bonds is 5. The van der Waals surface area contributed by atoms with Gasteiger partial charge in [-0.3, -0.25) is 0 Å². The van der Waals surface area contributed by atoms with Gasteiger partial charge in [0.2, 0.25) is 10.0 Å².